The first-order chi connectivity index (χ1) is 11.9. The molecule has 0 aliphatic carbocycles. The van der Waals surface area contributed by atoms with Crippen molar-refractivity contribution in [2.75, 3.05) is 26.2 Å². The van der Waals surface area contributed by atoms with Crippen LogP contribution in [0, 0.1) is 5.92 Å². The van der Waals surface area contributed by atoms with Crippen LogP contribution in [0.15, 0.2) is 35.7 Å². The first-order valence-electron chi connectivity index (χ1n) is 8.21. The second-order valence-corrected chi connectivity index (χ2v) is 8.08. The lowest BCUT2D eigenvalue weighted by molar-refractivity contribution is -0.125. The molecule has 1 heterocycles. The molecule has 1 aliphatic heterocycles. The molecule has 6 nitrogen and oxygen atoms in total. The summed E-state index contributed by atoms with van der Waals surface area (Å²) in [5, 5.41) is 3.02. The molecule has 0 unspecified atom stereocenters. The van der Waals surface area contributed by atoms with E-state index < -0.39 is 10.0 Å². The third-order valence-electron chi connectivity index (χ3n) is 4.09. The molecule has 1 aliphatic rings. The van der Waals surface area contributed by atoms with E-state index in [0.717, 1.165) is 0 Å². The molecule has 8 heteroatoms. The number of carbonyl (C=O) groups excluding carboxylic acids is 1. The standard InChI is InChI=1S/C17H23ClN2O4S/c1-3-9-19-17(21)13-7-10-20(11-8-13)25(22,23)14-5-6-16(24-4-2)15(18)12-14/h3,5-6,12-13H,1,4,7-11H2,2H3,(H,19,21). The first-order valence-corrected chi connectivity index (χ1v) is 10.0. The smallest absolute Gasteiger partial charge is 0.243 e. The minimum Gasteiger partial charge on any atom is -0.492 e. The Morgan fingerprint density at radius 2 is 2.12 bits per heavy atom. The monoisotopic (exact) mass is 386 g/mol. The quantitative estimate of drug-likeness (QED) is 0.730. The Labute approximate surface area is 153 Å². The van der Waals surface area contributed by atoms with Gasteiger partial charge in [0.2, 0.25) is 15.9 Å². The van der Waals surface area contributed by atoms with Crippen LogP contribution < -0.4 is 10.1 Å². The van der Waals surface area contributed by atoms with Gasteiger partial charge >= 0.3 is 0 Å². The minimum atomic E-state index is -3.64. The number of nitrogens with zero attached hydrogens (tertiary/aromatic N) is 1. The predicted molar refractivity (Wildman–Crippen MR) is 97.3 cm³/mol. The molecule has 0 radical (unpaired) electrons. The van der Waals surface area contributed by atoms with Crippen LogP contribution in [0.4, 0.5) is 0 Å². The van der Waals surface area contributed by atoms with Crippen molar-refractivity contribution in [3.63, 3.8) is 0 Å². The summed E-state index contributed by atoms with van der Waals surface area (Å²) in [6.07, 6.45) is 2.60. The molecule has 2 rings (SSSR count). The van der Waals surface area contributed by atoms with Gasteiger partial charge in [-0.2, -0.15) is 4.31 Å². The largest absolute Gasteiger partial charge is 0.492 e. The van der Waals surface area contributed by atoms with Crippen molar-refractivity contribution >= 4 is 27.5 Å². The van der Waals surface area contributed by atoms with Crippen LogP contribution in [-0.4, -0.2) is 44.9 Å². The van der Waals surface area contributed by atoms with Gasteiger partial charge in [-0.15, -0.1) is 6.58 Å². The van der Waals surface area contributed by atoms with Crippen LogP contribution in [0.25, 0.3) is 0 Å². The lowest BCUT2D eigenvalue weighted by Gasteiger charge is -2.30. The van der Waals surface area contributed by atoms with Crippen LogP contribution in [-0.2, 0) is 14.8 Å². The average molecular weight is 387 g/mol. The third-order valence-corrected chi connectivity index (χ3v) is 6.28. The van der Waals surface area contributed by atoms with Gasteiger partial charge in [-0.1, -0.05) is 17.7 Å². The van der Waals surface area contributed by atoms with Gasteiger partial charge < -0.3 is 10.1 Å². The van der Waals surface area contributed by atoms with E-state index in [-0.39, 0.29) is 21.7 Å². The summed E-state index contributed by atoms with van der Waals surface area (Å²) in [5.74, 6) is 0.233. The van der Waals surface area contributed by atoms with Crippen molar-refractivity contribution in [1.29, 1.82) is 0 Å². The van der Waals surface area contributed by atoms with E-state index in [2.05, 4.69) is 11.9 Å². The van der Waals surface area contributed by atoms with Crippen LogP contribution in [0.1, 0.15) is 19.8 Å². The van der Waals surface area contributed by atoms with Crippen molar-refractivity contribution in [2.45, 2.75) is 24.7 Å². The summed E-state index contributed by atoms with van der Waals surface area (Å²) in [7, 11) is -3.64. The van der Waals surface area contributed by atoms with E-state index in [1.165, 1.54) is 16.4 Å². The Balaban J connectivity index is 2.05. The highest BCUT2D eigenvalue weighted by atomic mass is 35.5. The van der Waals surface area contributed by atoms with Crippen molar-refractivity contribution in [3.05, 3.63) is 35.9 Å². The van der Waals surface area contributed by atoms with E-state index in [9.17, 15) is 13.2 Å². The van der Waals surface area contributed by atoms with Crippen molar-refractivity contribution in [3.8, 4) is 5.75 Å². The molecule has 1 amide bonds. The molecule has 0 saturated carbocycles. The number of rotatable bonds is 7. The van der Waals surface area contributed by atoms with Gasteiger partial charge in [0.25, 0.3) is 0 Å². The summed E-state index contributed by atoms with van der Waals surface area (Å²) >= 11 is 6.10. The molecule has 0 aromatic heterocycles. The number of nitrogens with one attached hydrogen (secondary N) is 1. The molecule has 0 atom stereocenters. The zero-order chi connectivity index (χ0) is 18.4. The van der Waals surface area contributed by atoms with Crippen LogP contribution in [0.5, 0.6) is 5.75 Å². The highest BCUT2D eigenvalue weighted by molar-refractivity contribution is 7.89. The number of hydrogen-bond donors (Lipinski definition) is 1. The SMILES string of the molecule is C=CCNC(=O)C1CCN(S(=O)(=O)c2ccc(OCC)c(Cl)c2)CC1. The second-order valence-electron chi connectivity index (χ2n) is 5.74. The molecular formula is C17H23ClN2O4S. The summed E-state index contributed by atoms with van der Waals surface area (Å²) in [4.78, 5) is 12.1. The van der Waals surface area contributed by atoms with Gasteiger partial charge in [-0.3, -0.25) is 4.79 Å². The fourth-order valence-corrected chi connectivity index (χ4v) is 4.54. The van der Waals surface area contributed by atoms with Gasteiger partial charge in [-0.25, -0.2) is 8.42 Å². The van der Waals surface area contributed by atoms with Crippen LogP contribution >= 0.6 is 11.6 Å². The zero-order valence-electron chi connectivity index (χ0n) is 14.2. The minimum absolute atomic E-state index is 0.0546. The average Bonchev–Trinajstić information content (AvgIpc) is 2.61. The van der Waals surface area contributed by atoms with Crippen molar-refractivity contribution < 1.29 is 17.9 Å². The highest BCUT2D eigenvalue weighted by Gasteiger charge is 2.32. The van der Waals surface area contributed by atoms with Crippen LogP contribution in [0.2, 0.25) is 5.02 Å². The molecule has 138 valence electrons. The number of piperidine rings is 1. The predicted octanol–water partition coefficient (Wildman–Crippen LogP) is 2.44. The topological polar surface area (TPSA) is 75.7 Å². The second kappa shape index (κ2) is 8.69. The van der Waals surface area contributed by atoms with E-state index >= 15 is 0 Å². The Kier molecular flexibility index (Phi) is 6.87. The Bertz CT molecular complexity index is 728. The molecule has 0 bridgehead atoms. The summed E-state index contributed by atoms with van der Waals surface area (Å²) < 4.78 is 32.3. The molecule has 1 fully saturated rings. The maximum absolute atomic E-state index is 12.8. The van der Waals surface area contributed by atoms with E-state index in [1.807, 2.05) is 6.92 Å². The number of carbonyl (C=O) groups is 1. The summed E-state index contributed by atoms with van der Waals surface area (Å²) in [6, 6.07) is 4.47. The van der Waals surface area contributed by atoms with Crippen LogP contribution in [0.3, 0.4) is 0 Å². The summed E-state index contributed by atoms with van der Waals surface area (Å²) in [6.45, 7) is 6.87. The maximum atomic E-state index is 12.8. The first kappa shape index (κ1) is 19.8. The Hall–Kier alpha value is -1.57. The van der Waals surface area contributed by atoms with Crippen molar-refractivity contribution in [1.82, 2.24) is 9.62 Å². The van der Waals surface area contributed by atoms with Gasteiger partial charge in [0, 0.05) is 25.6 Å². The Morgan fingerprint density at radius 1 is 1.44 bits per heavy atom. The third kappa shape index (κ3) is 4.74. The fourth-order valence-electron chi connectivity index (χ4n) is 2.74. The maximum Gasteiger partial charge on any atom is 0.243 e. The Morgan fingerprint density at radius 3 is 2.68 bits per heavy atom. The molecule has 0 spiro atoms. The number of benzene rings is 1. The normalized spacial score (nSPS) is 16.4. The van der Waals surface area contributed by atoms with Gasteiger partial charge in [-0.05, 0) is 38.0 Å². The van der Waals surface area contributed by atoms with E-state index in [4.69, 9.17) is 16.3 Å². The van der Waals surface area contributed by atoms with E-state index in [1.54, 1.807) is 12.1 Å². The number of sulfonamides is 1. The molecular weight excluding hydrogens is 364 g/mol. The molecule has 1 aromatic carbocycles. The number of ether oxygens (including phenoxy) is 1. The molecule has 1 saturated heterocycles. The number of hydrogen-bond acceptors (Lipinski definition) is 4. The fraction of sp³-hybridized carbons (Fsp3) is 0.471. The lowest BCUT2D eigenvalue weighted by Crippen LogP contribution is -2.43. The van der Waals surface area contributed by atoms with Gasteiger partial charge in [0.1, 0.15) is 5.75 Å². The van der Waals surface area contributed by atoms with Gasteiger partial charge in [0.05, 0.1) is 16.5 Å². The van der Waals surface area contributed by atoms with Gasteiger partial charge in [0.15, 0.2) is 0 Å². The number of amides is 1. The summed E-state index contributed by atoms with van der Waals surface area (Å²) in [5.41, 5.74) is 0. The number of halogens is 1. The van der Waals surface area contributed by atoms with Crippen molar-refractivity contribution in [2.24, 2.45) is 5.92 Å². The molecule has 25 heavy (non-hydrogen) atoms. The molecule has 1 N–H and O–H groups in total. The van der Waals surface area contributed by atoms with E-state index in [0.29, 0.717) is 44.8 Å². The lowest BCUT2D eigenvalue weighted by atomic mass is 9.97. The molecule has 1 aromatic rings. The highest BCUT2D eigenvalue weighted by Crippen LogP contribution is 2.30. The zero-order valence-corrected chi connectivity index (χ0v) is 15.8.